The van der Waals surface area contributed by atoms with E-state index in [1.165, 1.54) is 14.0 Å². The molecule has 2 aliphatic rings. The lowest BCUT2D eigenvalue weighted by atomic mass is 9.95. The predicted octanol–water partition coefficient (Wildman–Crippen LogP) is 0.609. The largest absolute Gasteiger partial charge is 0.437 e. The second-order valence-corrected chi connectivity index (χ2v) is 5.58. The van der Waals surface area contributed by atoms with Gasteiger partial charge in [0.15, 0.2) is 0 Å². The van der Waals surface area contributed by atoms with E-state index in [0.29, 0.717) is 22.7 Å². The lowest BCUT2D eigenvalue weighted by molar-refractivity contribution is -0.142. The monoisotopic (exact) mass is 332 g/mol. The Morgan fingerprint density at radius 1 is 1.29 bits per heavy atom. The van der Waals surface area contributed by atoms with Crippen molar-refractivity contribution in [1.82, 2.24) is 15.8 Å². The molecule has 1 atom stereocenters. The predicted molar refractivity (Wildman–Crippen MR) is 81.7 cm³/mol. The van der Waals surface area contributed by atoms with Crippen LogP contribution in [0.1, 0.15) is 24.5 Å². The molecule has 3 rings (SSSR count). The number of carbonyl (C=O) groups is 4. The number of amides is 5. The van der Waals surface area contributed by atoms with Gasteiger partial charge >= 0.3 is 12.1 Å². The van der Waals surface area contributed by atoms with Gasteiger partial charge in [0.1, 0.15) is 0 Å². The fourth-order valence-corrected chi connectivity index (χ4v) is 3.00. The van der Waals surface area contributed by atoms with Gasteiger partial charge in [-0.2, -0.15) is 0 Å². The van der Waals surface area contributed by atoms with Crippen molar-refractivity contribution in [3.05, 3.63) is 29.3 Å². The Kier molecular flexibility index (Phi) is 3.63. The van der Waals surface area contributed by atoms with E-state index in [-0.39, 0.29) is 12.5 Å². The summed E-state index contributed by atoms with van der Waals surface area (Å²) < 4.78 is 5.33. The third-order valence-electron chi connectivity index (χ3n) is 4.03. The Balaban J connectivity index is 1.92. The Labute approximate surface area is 137 Å². The molecule has 3 N–H and O–H groups in total. The molecule has 1 heterocycles. The third kappa shape index (κ3) is 2.34. The van der Waals surface area contributed by atoms with Crippen LogP contribution in [0.3, 0.4) is 0 Å². The number of aryl methyl sites for hydroxylation is 1. The number of hydrogen-bond donors (Lipinski definition) is 3. The van der Waals surface area contributed by atoms with Crippen molar-refractivity contribution in [2.24, 2.45) is 0 Å². The van der Waals surface area contributed by atoms with Crippen molar-refractivity contribution in [1.29, 1.82) is 0 Å². The first-order chi connectivity index (χ1) is 11.4. The Morgan fingerprint density at radius 2 is 2.04 bits per heavy atom. The molecule has 1 aliphatic heterocycles. The number of benzene rings is 1. The standard InChI is InChI=1S/C15H16N4O5/c1-8(20)18-19-12(21)15(24-14(19)23)6-5-9-7-10(3-4-11(9)15)17-13(22)16-2/h3-4,7H,5-6H2,1-2H3,(H,18,20)(H2,16,17,22)/t15-/m1/s1. The van der Waals surface area contributed by atoms with Crippen LogP contribution in [0.15, 0.2) is 18.2 Å². The van der Waals surface area contributed by atoms with Gasteiger partial charge in [-0.1, -0.05) is 6.07 Å². The average molecular weight is 332 g/mol. The van der Waals surface area contributed by atoms with Gasteiger partial charge in [-0.05, 0) is 24.1 Å². The van der Waals surface area contributed by atoms with Crippen molar-refractivity contribution in [3.8, 4) is 0 Å². The molecule has 0 saturated carbocycles. The highest BCUT2D eigenvalue weighted by Gasteiger charge is 2.58. The molecule has 1 aromatic carbocycles. The average Bonchev–Trinajstić information content (AvgIpc) is 3.00. The summed E-state index contributed by atoms with van der Waals surface area (Å²) >= 11 is 0. The molecular weight excluding hydrogens is 316 g/mol. The van der Waals surface area contributed by atoms with Crippen LogP contribution in [0, 0.1) is 0 Å². The van der Waals surface area contributed by atoms with Crippen LogP contribution >= 0.6 is 0 Å². The molecule has 126 valence electrons. The fourth-order valence-electron chi connectivity index (χ4n) is 3.00. The van der Waals surface area contributed by atoms with Crippen molar-refractivity contribution in [2.75, 3.05) is 12.4 Å². The molecule has 1 fully saturated rings. The second kappa shape index (κ2) is 5.52. The zero-order chi connectivity index (χ0) is 17.5. The number of nitrogens with zero attached hydrogens (tertiary/aromatic N) is 1. The van der Waals surface area contributed by atoms with Crippen molar-refractivity contribution >= 4 is 29.6 Å². The van der Waals surface area contributed by atoms with E-state index in [4.69, 9.17) is 4.74 Å². The summed E-state index contributed by atoms with van der Waals surface area (Å²) in [5, 5.41) is 5.70. The van der Waals surface area contributed by atoms with Crippen molar-refractivity contribution < 1.29 is 23.9 Å². The number of hydrogen-bond acceptors (Lipinski definition) is 5. The summed E-state index contributed by atoms with van der Waals surface area (Å²) in [6.45, 7) is 1.20. The topological polar surface area (TPSA) is 117 Å². The summed E-state index contributed by atoms with van der Waals surface area (Å²) in [7, 11) is 1.50. The first-order valence-electron chi connectivity index (χ1n) is 7.34. The SMILES string of the molecule is CNC(=O)Nc1ccc2c(c1)CC[C@@]21OC(=O)N(NC(C)=O)C1=O. The minimum atomic E-state index is -1.42. The number of imide groups is 1. The van der Waals surface area contributed by atoms with E-state index in [0.717, 1.165) is 5.56 Å². The minimum Gasteiger partial charge on any atom is -0.426 e. The molecule has 9 heteroatoms. The molecule has 1 spiro atoms. The van der Waals surface area contributed by atoms with Gasteiger partial charge in [-0.3, -0.25) is 15.0 Å². The van der Waals surface area contributed by atoms with Gasteiger partial charge in [0, 0.05) is 31.6 Å². The van der Waals surface area contributed by atoms with Crippen LogP contribution < -0.4 is 16.1 Å². The van der Waals surface area contributed by atoms with Crippen LogP contribution in [-0.4, -0.2) is 36.0 Å². The van der Waals surface area contributed by atoms with E-state index in [2.05, 4.69) is 16.1 Å². The number of urea groups is 1. The van der Waals surface area contributed by atoms with Crippen LogP contribution in [-0.2, 0) is 26.3 Å². The number of carbonyl (C=O) groups excluding carboxylic acids is 4. The van der Waals surface area contributed by atoms with Crippen LogP contribution in [0.5, 0.6) is 0 Å². The number of hydrazine groups is 1. The number of ether oxygens (including phenoxy) is 1. The number of rotatable bonds is 2. The molecule has 1 aliphatic carbocycles. The quantitative estimate of drug-likeness (QED) is 0.733. The highest BCUT2D eigenvalue weighted by Crippen LogP contribution is 2.45. The Hall–Kier alpha value is -3.10. The summed E-state index contributed by atoms with van der Waals surface area (Å²) in [6, 6.07) is 4.66. The number of anilines is 1. The molecular formula is C15H16N4O5. The fraction of sp³-hybridized carbons (Fsp3) is 0.333. The van der Waals surface area contributed by atoms with E-state index >= 15 is 0 Å². The molecule has 1 saturated heterocycles. The van der Waals surface area contributed by atoms with E-state index in [1.54, 1.807) is 18.2 Å². The maximum Gasteiger partial charge on any atom is 0.437 e. The van der Waals surface area contributed by atoms with Crippen molar-refractivity contribution in [2.45, 2.75) is 25.4 Å². The molecule has 0 unspecified atom stereocenters. The zero-order valence-corrected chi connectivity index (χ0v) is 13.1. The maximum atomic E-state index is 12.6. The molecule has 1 aromatic rings. The second-order valence-electron chi connectivity index (χ2n) is 5.58. The van der Waals surface area contributed by atoms with Crippen molar-refractivity contribution in [3.63, 3.8) is 0 Å². The normalized spacial score (nSPS) is 21.5. The summed E-state index contributed by atoms with van der Waals surface area (Å²) in [4.78, 5) is 47.1. The summed E-state index contributed by atoms with van der Waals surface area (Å²) in [5.74, 6) is -1.16. The van der Waals surface area contributed by atoms with Crippen LogP contribution in [0.25, 0.3) is 0 Å². The minimum absolute atomic E-state index is 0.284. The highest BCUT2D eigenvalue weighted by atomic mass is 16.6. The number of nitrogens with one attached hydrogen (secondary N) is 3. The lowest BCUT2D eigenvalue weighted by Gasteiger charge is -2.20. The first kappa shape index (κ1) is 15.8. The maximum absolute atomic E-state index is 12.6. The molecule has 9 nitrogen and oxygen atoms in total. The number of fused-ring (bicyclic) bond motifs is 2. The highest BCUT2D eigenvalue weighted by molar-refractivity contribution is 6.05. The summed E-state index contributed by atoms with van der Waals surface area (Å²) in [5.41, 5.74) is 2.69. The zero-order valence-electron chi connectivity index (χ0n) is 13.1. The lowest BCUT2D eigenvalue weighted by Crippen LogP contribution is -2.47. The first-order valence-corrected chi connectivity index (χ1v) is 7.34. The van der Waals surface area contributed by atoms with E-state index in [1.807, 2.05) is 0 Å². The van der Waals surface area contributed by atoms with Gasteiger partial charge in [0.25, 0.3) is 5.91 Å². The van der Waals surface area contributed by atoms with E-state index < -0.39 is 23.5 Å². The third-order valence-corrected chi connectivity index (χ3v) is 4.03. The van der Waals surface area contributed by atoms with Gasteiger partial charge in [0.2, 0.25) is 11.5 Å². The van der Waals surface area contributed by atoms with Gasteiger partial charge in [-0.25, -0.2) is 9.59 Å². The molecule has 24 heavy (non-hydrogen) atoms. The van der Waals surface area contributed by atoms with Gasteiger partial charge in [-0.15, -0.1) is 5.01 Å². The molecule has 0 bridgehead atoms. The molecule has 0 radical (unpaired) electrons. The van der Waals surface area contributed by atoms with Crippen LogP contribution in [0.4, 0.5) is 15.3 Å². The Bertz CT molecular complexity index is 762. The molecule has 0 aromatic heterocycles. The van der Waals surface area contributed by atoms with Gasteiger partial charge < -0.3 is 15.4 Å². The Morgan fingerprint density at radius 3 is 2.71 bits per heavy atom. The molecule has 5 amide bonds. The smallest absolute Gasteiger partial charge is 0.426 e. The van der Waals surface area contributed by atoms with E-state index in [9.17, 15) is 19.2 Å². The van der Waals surface area contributed by atoms with Crippen LogP contribution in [0.2, 0.25) is 0 Å². The summed E-state index contributed by atoms with van der Waals surface area (Å²) in [6.07, 6.45) is -0.117. The van der Waals surface area contributed by atoms with Gasteiger partial charge in [0.05, 0.1) is 0 Å².